The normalized spacial score (nSPS) is 12.6. The van der Waals surface area contributed by atoms with Gasteiger partial charge in [0.05, 0.1) is 50.5 Å². The second kappa shape index (κ2) is 31.7. The zero-order chi connectivity index (χ0) is 88.2. The van der Waals surface area contributed by atoms with Gasteiger partial charge in [-0.3, -0.25) is 14.8 Å². The second-order valence-corrected chi connectivity index (χ2v) is 38.9. The van der Waals surface area contributed by atoms with Crippen LogP contribution in [0.15, 0.2) is 451 Å². The van der Waals surface area contributed by atoms with Gasteiger partial charge >= 0.3 is 0 Å². The summed E-state index contributed by atoms with van der Waals surface area (Å²) in [5.41, 5.74) is 27.3. The van der Waals surface area contributed by atoms with Crippen LogP contribution < -0.4 is 58.8 Å². The zero-order valence-corrected chi connectivity index (χ0v) is 75.2. The van der Waals surface area contributed by atoms with Crippen molar-refractivity contribution in [3.63, 3.8) is 0 Å². The highest BCUT2D eigenvalue weighted by Crippen LogP contribution is 2.55. The monoisotopic (exact) mass is 1780 g/mol. The number of thiophene rings is 3. The summed E-state index contributed by atoms with van der Waals surface area (Å²) in [5.74, 6) is 1.68. The Morgan fingerprint density at radius 3 is 1.27 bits per heavy atom. The molecule has 29 rings (SSSR count). The molecule has 18 aromatic carbocycles. The van der Waals surface area contributed by atoms with Crippen molar-refractivity contribution in [3.05, 3.63) is 448 Å². The molecule has 624 valence electrons. The predicted molar refractivity (Wildman–Crippen MR) is 570 cm³/mol. The van der Waals surface area contributed by atoms with Crippen LogP contribution in [0.5, 0.6) is 11.5 Å². The Bertz CT molecular complexity index is 9000. The number of carbonyl (C=O) groups is 1. The zero-order valence-electron chi connectivity index (χ0n) is 71.9. The molecule has 0 saturated carbocycles. The topological polar surface area (TPSA) is 78.3 Å². The number of rotatable bonds is 9. The lowest BCUT2D eigenvalue weighted by molar-refractivity contribution is 0.102. The summed E-state index contributed by atoms with van der Waals surface area (Å²) in [4.78, 5) is 26.9. The van der Waals surface area contributed by atoms with Gasteiger partial charge in [0.2, 0.25) is 19.2 Å². The Balaban J connectivity index is 0.000000104. The molecular formula is C119H72B3N5O3S4. The second-order valence-electron chi connectivity index (χ2n) is 34.6. The fourth-order valence-electron chi connectivity index (χ4n) is 21.8. The number of pyridine rings is 2. The summed E-state index contributed by atoms with van der Waals surface area (Å²) >= 11 is 7.42. The molecule has 0 amide bonds. The highest BCUT2D eigenvalue weighted by molar-refractivity contribution is 7.99. The van der Waals surface area contributed by atoms with E-state index in [9.17, 15) is 4.79 Å². The van der Waals surface area contributed by atoms with E-state index < -0.39 is 0 Å². The third kappa shape index (κ3) is 12.4. The third-order valence-electron chi connectivity index (χ3n) is 27.3. The predicted octanol–water partition coefficient (Wildman–Crippen LogP) is 25.8. The Kier molecular flexibility index (Phi) is 18.5. The van der Waals surface area contributed by atoms with Gasteiger partial charge in [0.25, 0.3) is 6.71 Å². The van der Waals surface area contributed by atoms with Crippen LogP contribution in [0.4, 0.5) is 17.1 Å². The number of hydrogen-bond acceptors (Lipinski definition) is 10. The Labute approximate surface area is 787 Å². The van der Waals surface area contributed by atoms with E-state index >= 15 is 0 Å². The van der Waals surface area contributed by atoms with Gasteiger partial charge in [-0.1, -0.05) is 323 Å². The number of ether oxygens (including phenoxy) is 1. The Morgan fingerprint density at radius 1 is 0.269 bits per heavy atom. The molecule has 0 bridgehead atoms. The van der Waals surface area contributed by atoms with Crippen molar-refractivity contribution < 1.29 is 13.9 Å². The average molecular weight is 1780 g/mol. The first-order valence-corrected chi connectivity index (χ1v) is 48.5. The van der Waals surface area contributed by atoms with E-state index in [1.807, 2.05) is 58.7 Å². The molecule has 0 saturated heterocycles. The molecule has 134 heavy (non-hydrogen) atoms. The fourth-order valence-corrected chi connectivity index (χ4v) is 26.3. The van der Waals surface area contributed by atoms with Crippen molar-refractivity contribution in [1.82, 2.24) is 19.1 Å². The number of anilines is 3. The standard InChI is InChI=1S/C48H29B2NOS.C36H22BNOS2.C35H21N3OS/c1-2-14-30(15-3-1)49-35-18-6-8-20-37(35)50(38-21-9-7-19-36(38)49)39-22-12-26-45-47(39)48-41(24-13-27-46(48)53-45)51-40-23-10-4-16-31(40)33-28-34-32-17-5-11-25-43(32)52-44(34)29-42(33)51;1-5-17-29-23(11-1)37(24-12-2-6-18-30(24)39-29)25-13-9-21-33-35(25)36-28(16-10-22-34(36)41-33)38-26-14-3-7-19-31(26)40-32-20-8-4-15-27(32)38;39-35(26-12-5-6-19-36-26)27-21-22(18-20-37-27)23-11-7-16-31-33(23)34-30(15-8-17-32(34)40-31)38-28-13-3-1-9-24(28)25-10-2-4-14-29(25)38/h1-29H;1-22H;1-21H. The summed E-state index contributed by atoms with van der Waals surface area (Å²) in [6.07, 6.45) is 3.35. The molecule has 15 heteroatoms. The van der Waals surface area contributed by atoms with Crippen LogP contribution >= 0.6 is 45.8 Å². The molecule has 11 heterocycles. The number of benzene rings is 18. The first-order valence-electron chi connectivity index (χ1n) is 45.3. The van der Waals surface area contributed by atoms with E-state index in [0.717, 1.165) is 55.8 Å². The molecule has 0 spiro atoms. The molecule has 0 N–H and O–H groups in total. The van der Waals surface area contributed by atoms with Crippen LogP contribution in [-0.2, 0) is 0 Å². The van der Waals surface area contributed by atoms with Crippen LogP contribution in [0, 0.1) is 0 Å². The minimum absolute atomic E-state index is 0.0715. The number of carbonyl (C=O) groups excluding carboxylic acids is 1. The molecule has 8 aromatic heterocycles. The summed E-state index contributed by atoms with van der Waals surface area (Å²) in [6.45, 7) is 0.342. The van der Waals surface area contributed by atoms with E-state index in [2.05, 4.69) is 412 Å². The lowest BCUT2D eigenvalue weighted by Crippen LogP contribution is -2.74. The van der Waals surface area contributed by atoms with Crippen LogP contribution in [0.25, 0.3) is 149 Å². The lowest BCUT2D eigenvalue weighted by atomic mass is 9.21. The van der Waals surface area contributed by atoms with Gasteiger partial charge in [-0.25, -0.2) is 0 Å². The molecule has 8 nitrogen and oxygen atoms in total. The van der Waals surface area contributed by atoms with E-state index in [1.54, 1.807) is 35.9 Å². The molecular weight excluding hydrogens is 1710 g/mol. The van der Waals surface area contributed by atoms with Gasteiger partial charge in [-0.2, -0.15) is 0 Å². The summed E-state index contributed by atoms with van der Waals surface area (Å²) < 4.78 is 25.4. The van der Waals surface area contributed by atoms with Gasteiger partial charge in [0, 0.05) is 110 Å². The van der Waals surface area contributed by atoms with Gasteiger partial charge < -0.3 is 23.2 Å². The molecule has 3 aliphatic heterocycles. The van der Waals surface area contributed by atoms with Gasteiger partial charge in [0.1, 0.15) is 34.1 Å². The SMILES string of the molecule is O=C(c1ccccn1)c1cc(-c2cccc3sc4cccc(-n5c6ccccc6c6ccccc65)c4c23)ccn1.c1ccc(B2c3ccccc3B(c3cccc4sc5cccc(-n6c7ccccc7c7cc8c(cc76)oc6ccccc68)c5c34)c3ccccc32)cc1.c1ccc2c(c1)Oc1ccccc1B2c1cccc2sc3cccc(N4c5ccccc5Sc5ccccc54)c3c12. The van der Waals surface area contributed by atoms with Gasteiger partial charge in [0.15, 0.2) is 0 Å². The van der Waals surface area contributed by atoms with Crippen LogP contribution in [0.1, 0.15) is 16.2 Å². The van der Waals surface area contributed by atoms with Crippen molar-refractivity contribution in [2.75, 3.05) is 4.90 Å². The fraction of sp³-hybridized carbons (Fsp3) is 0. The third-order valence-corrected chi connectivity index (χ3v) is 31.8. The van der Waals surface area contributed by atoms with E-state index in [4.69, 9.17) is 9.15 Å². The number of fused-ring (bicyclic) bond motifs is 24. The number of aromatic nitrogens is 4. The van der Waals surface area contributed by atoms with Crippen molar-refractivity contribution in [3.8, 4) is 34.0 Å². The van der Waals surface area contributed by atoms with Crippen LogP contribution in [-0.4, -0.2) is 45.0 Å². The van der Waals surface area contributed by atoms with Crippen LogP contribution in [0.2, 0.25) is 0 Å². The summed E-state index contributed by atoms with van der Waals surface area (Å²) in [6, 6.07) is 152. The number of para-hydroxylation sites is 8. The largest absolute Gasteiger partial charge is 0.458 e. The number of ketones is 1. The average Bonchev–Trinajstić information content (AvgIpc) is 1.52. The quantitative estimate of drug-likeness (QED) is 0.105. The number of furan rings is 1. The Hall–Kier alpha value is -15.9. The van der Waals surface area contributed by atoms with Crippen LogP contribution in [0.3, 0.4) is 0 Å². The smallest absolute Gasteiger partial charge is 0.251 e. The van der Waals surface area contributed by atoms with Crippen molar-refractivity contribution in [2.45, 2.75) is 9.79 Å². The van der Waals surface area contributed by atoms with E-state index in [0.29, 0.717) is 11.4 Å². The minimum Gasteiger partial charge on any atom is -0.458 e. The minimum atomic E-state index is -0.184. The van der Waals surface area contributed by atoms with Crippen molar-refractivity contribution in [2.24, 2.45) is 0 Å². The Morgan fingerprint density at radius 2 is 0.687 bits per heavy atom. The molecule has 3 aliphatic rings. The maximum absolute atomic E-state index is 13.2. The summed E-state index contributed by atoms with van der Waals surface area (Å²) in [7, 11) is 0. The molecule has 26 aromatic rings. The molecule has 0 atom stereocenters. The first kappa shape index (κ1) is 78.0. The van der Waals surface area contributed by atoms with Gasteiger partial charge in [-0.15, -0.1) is 34.0 Å². The van der Waals surface area contributed by atoms with Crippen molar-refractivity contribution in [1.29, 1.82) is 0 Å². The van der Waals surface area contributed by atoms with E-state index in [1.165, 1.54) is 180 Å². The highest BCUT2D eigenvalue weighted by atomic mass is 32.2. The molecule has 0 fully saturated rings. The van der Waals surface area contributed by atoms with E-state index in [-0.39, 0.29) is 25.9 Å². The molecule has 0 aliphatic carbocycles. The first-order chi connectivity index (χ1) is 66.4. The van der Waals surface area contributed by atoms with Gasteiger partial charge in [-0.05, 0) is 178 Å². The highest BCUT2D eigenvalue weighted by Gasteiger charge is 2.41. The number of nitrogens with zero attached hydrogens (tertiary/aromatic N) is 5. The molecule has 0 radical (unpaired) electrons. The summed E-state index contributed by atoms with van der Waals surface area (Å²) in [5, 5.41) is 14.9. The maximum Gasteiger partial charge on any atom is 0.251 e. The number of hydrogen-bond donors (Lipinski definition) is 0. The maximum atomic E-state index is 13.2. The van der Waals surface area contributed by atoms with Crippen molar-refractivity contribution >= 4 is 264 Å². The lowest BCUT2D eigenvalue weighted by Gasteiger charge is -2.33. The molecule has 0 unspecified atom stereocenters.